The first-order valence-electron chi connectivity index (χ1n) is 9.65. The summed E-state index contributed by atoms with van der Waals surface area (Å²) in [5, 5.41) is 10.3. The van der Waals surface area contributed by atoms with E-state index in [-0.39, 0.29) is 5.56 Å². The van der Waals surface area contributed by atoms with Gasteiger partial charge in [0.05, 0.1) is 10.9 Å². The lowest BCUT2D eigenvalue weighted by atomic mass is 10.1. The van der Waals surface area contributed by atoms with Gasteiger partial charge in [0, 0.05) is 12.3 Å². The van der Waals surface area contributed by atoms with E-state index in [0.29, 0.717) is 17.7 Å². The summed E-state index contributed by atoms with van der Waals surface area (Å²) in [5.74, 6) is 1.44. The van der Waals surface area contributed by atoms with E-state index in [9.17, 15) is 4.79 Å². The van der Waals surface area contributed by atoms with Gasteiger partial charge in [0.25, 0.3) is 5.56 Å². The number of unbranched alkanes of at least 4 members (excludes halogenated alkanes) is 1. The normalized spacial score (nSPS) is 11.5. The number of thioether (sulfide) groups is 1. The minimum atomic E-state index is 0.00908. The summed E-state index contributed by atoms with van der Waals surface area (Å²) in [4.78, 5) is 13.0. The zero-order valence-corrected chi connectivity index (χ0v) is 17.3. The van der Waals surface area contributed by atoms with Crippen molar-refractivity contribution in [2.45, 2.75) is 51.1 Å². The molecule has 0 amide bonds. The van der Waals surface area contributed by atoms with Crippen LogP contribution in [0, 0.1) is 13.8 Å². The van der Waals surface area contributed by atoms with Crippen molar-refractivity contribution in [3.8, 4) is 0 Å². The molecule has 5 nitrogen and oxygen atoms in total. The molecule has 0 radical (unpaired) electrons. The van der Waals surface area contributed by atoms with Crippen molar-refractivity contribution < 1.29 is 0 Å². The minimum absolute atomic E-state index is 0.00908. The molecule has 0 N–H and O–H groups in total. The van der Waals surface area contributed by atoms with Crippen LogP contribution in [0.1, 0.15) is 36.5 Å². The molecule has 28 heavy (non-hydrogen) atoms. The van der Waals surface area contributed by atoms with Crippen LogP contribution in [0.15, 0.2) is 52.4 Å². The first kappa shape index (κ1) is 18.7. The molecule has 0 aliphatic carbocycles. The van der Waals surface area contributed by atoms with Gasteiger partial charge in [0.2, 0.25) is 5.78 Å². The lowest BCUT2D eigenvalue weighted by Gasteiger charge is -2.11. The summed E-state index contributed by atoms with van der Waals surface area (Å²) in [7, 11) is 0. The molecule has 0 aliphatic rings. The topological polar surface area (TPSA) is 52.2 Å². The van der Waals surface area contributed by atoms with Crippen LogP contribution in [0.4, 0.5) is 0 Å². The lowest BCUT2D eigenvalue weighted by molar-refractivity contribution is 0.620. The van der Waals surface area contributed by atoms with Gasteiger partial charge in [-0.15, -0.1) is 10.2 Å². The van der Waals surface area contributed by atoms with Crippen molar-refractivity contribution in [2.75, 3.05) is 0 Å². The molecule has 0 spiro atoms. The Bertz CT molecular complexity index is 1190. The Balaban J connectivity index is 1.81. The minimum Gasteiger partial charge on any atom is -0.276 e. The van der Waals surface area contributed by atoms with Gasteiger partial charge >= 0.3 is 0 Å². The van der Waals surface area contributed by atoms with Gasteiger partial charge in [-0.2, -0.15) is 0 Å². The SMILES string of the molecule is CCCCn1c(=O)c2ccccc2n2c(SCc3cc(C)cc(C)c3)nnc12. The molecule has 6 heteroatoms. The van der Waals surface area contributed by atoms with E-state index in [1.165, 1.54) is 16.7 Å². The fraction of sp³-hybridized carbons (Fsp3) is 0.318. The molecule has 0 atom stereocenters. The van der Waals surface area contributed by atoms with E-state index in [1.807, 2.05) is 28.7 Å². The Hall–Kier alpha value is -2.60. The average Bonchev–Trinajstić information content (AvgIpc) is 3.10. The molecule has 0 unspecified atom stereocenters. The number of para-hydroxylation sites is 1. The van der Waals surface area contributed by atoms with Crippen molar-refractivity contribution in [1.29, 1.82) is 0 Å². The Morgan fingerprint density at radius 2 is 1.79 bits per heavy atom. The van der Waals surface area contributed by atoms with Crippen LogP contribution in [-0.4, -0.2) is 19.2 Å². The van der Waals surface area contributed by atoms with E-state index < -0.39 is 0 Å². The number of hydrogen-bond donors (Lipinski definition) is 0. The third-order valence-electron chi connectivity index (χ3n) is 4.86. The maximum atomic E-state index is 13.0. The zero-order chi connectivity index (χ0) is 19.7. The maximum absolute atomic E-state index is 13.0. The quantitative estimate of drug-likeness (QED) is 0.444. The molecule has 0 bridgehead atoms. The Labute approximate surface area is 168 Å². The van der Waals surface area contributed by atoms with E-state index in [1.54, 1.807) is 16.3 Å². The van der Waals surface area contributed by atoms with E-state index in [0.717, 1.165) is 29.3 Å². The summed E-state index contributed by atoms with van der Waals surface area (Å²) in [5.41, 5.74) is 4.67. The van der Waals surface area contributed by atoms with Gasteiger partial charge in [0.15, 0.2) is 5.16 Å². The van der Waals surface area contributed by atoms with E-state index in [4.69, 9.17) is 0 Å². The van der Waals surface area contributed by atoms with Crippen molar-refractivity contribution in [2.24, 2.45) is 0 Å². The van der Waals surface area contributed by atoms with E-state index in [2.05, 4.69) is 49.2 Å². The Morgan fingerprint density at radius 1 is 1.04 bits per heavy atom. The second kappa shape index (κ2) is 7.80. The second-order valence-corrected chi connectivity index (χ2v) is 8.17. The van der Waals surface area contributed by atoms with Crippen molar-refractivity contribution in [3.63, 3.8) is 0 Å². The summed E-state index contributed by atoms with van der Waals surface area (Å²) < 4.78 is 3.79. The third-order valence-corrected chi connectivity index (χ3v) is 5.86. The highest BCUT2D eigenvalue weighted by molar-refractivity contribution is 7.98. The number of benzene rings is 2. The predicted molar refractivity (Wildman–Crippen MR) is 115 cm³/mol. The molecule has 4 rings (SSSR count). The highest BCUT2D eigenvalue weighted by Gasteiger charge is 2.16. The van der Waals surface area contributed by atoms with Gasteiger partial charge in [-0.25, -0.2) is 0 Å². The maximum Gasteiger partial charge on any atom is 0.262 e. The predicted octanol–water partition coefficient (Wildman–Crippen LogP) is 4.75. The highest BCUT2D eigenvalue weighted by Crippen LogP contribution is 2.25. The van der Waals surface area contributed by atoms with Crippen LogP contribution >= 0.6 is 11.8 Å². The molecule has 2 heterocycles. The van der Waals surface area contributed by atoms with Gasteiger partial charge < -0.3 is 0 Å². The lowest BCUT2D eigenvalue weighted by Crippen LogP contribution is -2.23. The van der Waals surface area contributed by atoms with Crippen LogP contribution in [0.2, 0.25) is 0 Å². The van der Waals surface area contributed by atoms with Crippen molar-refractivity contribution in [1.82, 2.24) is 19.2 Å². The fourth-order valence-electron chi connectivity index (χ4n) is 3.65. The molecule has 2 aromatic heterocycles. The molecule has 0 saturated carbocycles. The molecule has 0 fully saturated rings. The van der Waals surface area contributed by atoms with Crippen LogP contribution in [-0.2, 0) is 12.3 Å². The molecule has 0 saturated heterocycles. The summed E-state index contributed by atoms with van der Waals surface area (Å²) in [6.45, 7) is 7.02. The summed E-state index contributed by atoms with van der Waals surface area (Å²) in [6.07, 6.45) is 1.96. The molecule has 144 valence electrons. The number of nitrogens with zero attached hydrogens (tertiary/aromatic N) is 4. The highest BCUT2D eigenvalue weighted by atomic mass is 32.2. The van der Waals surface area contributed by atoms with Crippen LogP contribution in [0.3, 0.4) is 0 Å². The standard InChI is InChI=1S/C22H24N4OS/c1-4-5-10-25-20(27)18-8-6-7-9-19(18)26-21(25)23-24-22(26)28-14-17-12-15(2)11-16(3)13-17/h6-9,11-13H,4-5,10,14H2,1-3H3. The third kappa shape index (κ3) is 3.44. The smallest absolute Gasteiger partial charge is 0.262 e. The van der Waals surface area contributed by atoms with E-state index >= 15 is 0 Å². The Kier molecular flexibility index (Phi) is 5.22. The van der Waals surface area contributed by atoms with Crippen LogP contribution in [0.25, 0.3) is 16.7 Å². The molecular weight excluding hydrogens is 368 g/mol. The van der Waals surface area contributed by atoms with Gasteiger partial charge in [-0.05, 0) is 38.0 Å². The molecule has 0 aliphatic heterocycles. The number of rotatable bonds is 6. The van der Waals surface area contributed by atoms with Gasteiger partial charge in [0.1, 0.15) is 0 Å². The first-order chi connectivity index (χ1) is 13.6. The molecule has 2 aromatic carbocycles. The summed E-state index contributed by atoms with van der Waals surface area (Å²) >= 11 is 1.65. The van der Waals surface area contributed by atoms with Crippen molar-refractivity contribution >= 4 is 28.4 Å². The van der Waals surface area contributed by atoms with Gasteiger partial charge in [-0.3, -0.25) is 13.8 Å². The number of aromatic nitrogens is 4. The zero-order valence-electron chi connectivity index (χ0n) is 16.5. The molecule has 4 aromatic rings. The Morgan fingerprint density at radius 3 is 2.54 bits per heavy atom. The summed E-state index contributed by atoms with van der Waals surface area (Å²) in [6, 6.07) is 14.3. The van der Waals surface area contributed by atoms with Gasteiger partial charge in [-0.1, -0.05) is 66.6 Å². The number of aryl methyl sites for hydroxylation is 3. The number of hydrogen-bond acceptors (Lipinski definition) is 4. The van der Waals surface area contributed by atoms with Crippen molar-refractivity contribution in [3.05, 3.63) is 69.5 Å². The average molecular weight is 393 g/mol. The number of fused-ring (bicyclic) bond motifs is 3. The molecular formula is C22H24N4OS. The van der Waals surface area contributed by atoms with Crippen LogP contribution in [0.5, 0.6) is 0 Å². The largest absolute Gasteiger partial charge is 0.276 e. The fourth-order valence-corrected chi connectivity index (χ4v) is 4.52. The van der Waals surface area contributed by atoms with Crippen LogP contribution < -0.4 is 5.56 Å². The monoisotopic (exact) mass is 392 g/mol. The first-order valence-corrected chi connectivity index (χ1v) is 10.6. The second-order valence-electron chi connectivity index (χ2n) is 7.23.